The molecule has 0 saturated heterocycles. The number of halogens is 1. The van der Waals surface area contributed by atoms with E-state index in [9.17, 15) is 12.3 Å². The van der Waals surface area contributed by atoms with E-state index >= 15 is 0 Å². The summed E-state index contributed by atoms with van der Waals surface area (Å²) in [4.78, 5) is 3.46. The van der Waals surface area contributed by atoms with Gasteiger partial charge in [0, 0.05) is 12.2 Å². The molecule has 1 aromatic heterocycles. The fraction of sp³-hybridized carbons (Fsp3) is 0.571. The fourth-order valence-corrected chi connectivity index (χ4v) is 1.32. The van der Waals surface area contributed by atoms with E-state index in [4.69, 9.17) is 0 Å². The summed E-state index contributed by atoms with van der Waals surface area (Å²) in [7, 11) is -4.66. The first-order chi connectivity index (χ1) is 5.95. The van der Waals surface area contributed by atoms with Crippen molar-refractivity contribution in [3.05, 3.63) is 12.5 Å². The Bertz CT molecular complexity index is 385. The van der Waals surface area contributed by atoms with Gasteiger partial charge in [0.25, 0.3) is 0 Å². The van der Waals surface area contributed by atoms with Gasteiger partial charge in [0.05, 0.1) is 6.33 Å². The molecular formula is C7H11FN2O2S. The highest BCUT2D eigenvalue weighted by atomic mass is 32.3. The van der Waals surface area contributed by atoms with Crippen LogP contribution in [-0.2, 0) is 10.2 Å². The van der Waals surface area contributed by atoms with Crippen molar-refractivity contribution in [1.82, 2.24) is 9.55 Å². The number of hydrogen-bond donors (Lipinski definition) is 0. The second-order valence-electron chi connectivity index (χ2n) is 2.85. The van der Waals surface area contributed by atoms with Gasteiger partial charge >= 0.3 is 10.2 Å². The van der Waals surface area contributed by atoms with E-state index in [-0.39, 0.29) is 6.04 Å². The zero-order valence-electron chi connectivity index (χ0n) is 7.44. The molecule has 0 radical (unpaired) electrons. The smallest absolute Gasteiger partial charge is 0.333 e. The van der Waals surface area contributed by atoms with Gasteiger partial charge < -0.3 is 4.57 Å². The lowest BCUT2D eigenvalue weighted by Crippen LogP contribution is -2.00. The molecule has 74 valence electrons. The van der Waals surface area contributed by atoms with Gasteiger partial charge in [-0.2, -0.15) is 8.42 Å². The highest BCUT2D eigenvalue weighted by Gasteiger charge is 2.16. The standard InChI is InChI=1S/C7H11FN2O2S/c1-3-6(2)10-4-7(9-5-10)13(8,11)12/h4-6H,3H2,1-2H3. The molecule has 4 nitrogen and oxygen atoms in total. The van der Waals surface area contributed by atoms with Crippen molar-refractivity contribution >= 4 is 10.2 Å². The van der Waals surface area contributed by atoms with Crippen molar-refractivity contribution in [2.24, 2.45) is 0 Å². The van der Waals surface area contributed by atoms with Crippen LogP contribution in [-0.4, -0.2) is 18.0 Å². The van der Waals surface area contributed by atoms with Crippen LogP contribution in [0.1, 0.15) is 26.3 Å². The van der Waals surface area contributed by atoms with Crippen molar-refractivity contribution < 1.29 is 12.3 Å². The summed E-state index contributed by atoms with van der Waals surface area (Å²) in [5.74, 6) is 0. The Morgan fingerprint density at radius 1 is 1.69 bits per heavy atom. The third-order valence-electron chi connectivity index (χ3n) is 1.93. The summed E-state index contributed by atoms with van der Waals surface area (Å²) in [6.45, 7) is 3.85. The third kappa shape index (κ3) is 2.27. The first-order valence-electron chi connectivity index (χ1n) is 3.93. The predicted octanol–water partition coefficient (Wildman–Crippen LogP) is 1.51. The van der Waals surface area contributed by atoms with Gasteiger partial charge in [0.2, 0.25) is 5.03 Å². The van der Waals surface area contributed by atoms with Crippen LogP contribution in [0.15, 0.2) is 17.6 Å². The highest BCUT2D eigenvalue weighted by molar-refractivity contribution is 7.86. The SMILES string of the molecule is CCC(C)n1cnc(S(=O)(=O)F)c1. The Labute approximate surface area is 76.6 Å². The lowest BCUT2D eigenvalue weighted by Gasteiger charge is -2.08. The fourth-order valence-electron chi connectivity index (χ4n) is 0.896. The lowest BCUT2D eigenvalue weighted by atomic mass is 10.3. The Morgan fingerprint density at radius 2 is 2.31 bits per heavy atom. The molecule has 0 N–H and O–H groups in total. The molecule has 0 fully saturated rings. The molecule has 0 aromatic carbocycles. The van der Waals surface area contributed by atoms with Crippen LogP contribution in [0.2, 0.25) is 0 Å². The summed E-state index contributed by atoms with van der Waals surface area (Å²) in [5, 5.41) is -0.521. The van der Waals surface area contributed by atoms with Crippen molar-refractivity contribution in [1.29, 1.82) is 0 Å². The highest BCUT2D eigenvalue weighted by Crippen LogP contribution is 2.14. The molecular weight excluding hydrogens is 195 g/mol. The van der Waals surface area contributed by atoms with Crippen LogP contribution in [0, 0.1) is 0 Å². The maximum atomic E-state index is 12.4. The van der Waals surface area contributed by atoms with Crippen LogP contribution in [0.4, 0.5) is 3.89 Å². The zero-order valence-corrected chi connectivity index (χ0v) is 8.25. The van der Waals surface area contributed by atoms with Crippen molar-refractivity contribution in [2.45, 2.75) is 31.3 Å². The summed E-state index contributed by atoms with van der Waals surface area (Å²) in [5.41, 5.74) is 0. The zero-order chi connectivity index (χ0) is 10.1. The van der Waals surface area contributed by atoms with Crippen molar-refractivity contribution in [3.8, 4) is 0 Å². The normalized spacial score (nSPS) is 14.4. The molecule has 0 aliphatic carbocycles. The topological polar surface area (TPSA) is 52.0 Å². The molecule has 0 aliphatic rings. The minimum absolute atomic E-state index is 0.128. The quantitative estimate of drug-likeness (QED) is 0.704. The average molecular weight is 206 g/mol. The lowest BCUT2D eigenvalue weighted by molar-refractivity contribution is 0.527. The van der Waals surface area contributed by atoms with E-state index in [1.165, 1.54) is 12.5 Å². The van der Waals surface area contributed by atoms with Gasteiger partial charge in [-0.15, -0.1) is 0 Å². The first-order valence-corrected chi connectivity index (χ1v) is 5.31. The van der Waals surface area contributed by atoms with E-state index in [0.717, 1.165) is 6.42 Å². The molecule has 1 atom stereocenters. The maximum Gasteiger partial charge on any atom is 0.351 e. The van der Waals surface area contributed by atoms with E-state index in [0.29, 0.717) is 0 Å². The number of rotatable bonds is 3. The molecule has 1 heterocycles. The number of imidazole rings is 1. The van der Waals surface area contributed by atoms with Crippen molar-refractivity contribution in [2.75, 3.05) is 0 Å². The summed E-state index contributed by atoms with van der Waals surface area (Å²) >= 11 is 0. The first kappa shape index (κ1) is 10.2. The van der Waals surface area contributed by atoms with Gasteiger partial charge in [-0.1, -0.05) is 10.8 Å². The van der Waals surface area contributed by atoms with Gasteiger partial charge in [0.1, 0.15) is 0 Å². The molecule has 0 amide bonds. The minimum Gasteiger partial charge on any atom is -0.333 e. The Kier molecular flexibility index (Phi) is 2.70. The third-order valence-corrected chi connectivity index (χ3v) is 2.64. The predicted molar refractivity (Wildman–Crippen MR) is 45.5 cm³/mol. The molecule has 0 bridgehead atoms. The molecule has 1 aromatic rings. The Hall–Kier alpha value is -0.910. The van der Waals surface area contributed by atoms with Gasteiger partial charge in [-0.3, -0.25) is 0 Å². The van der Waals surface area contributed by atoms with Crippen LogP contribution in [0.3, 0.4) is 0 Å². The van der Waals surface area contributed by atoms with E-state index < -0.39 is 15.2 Å². The number of nitrogens with zero attached hydrogens (tertiary/aromatic N) is 2. The summed E-state index contributed by atoms with van der Waals surface area (Å²) in [6, 6.07) is 0.128. The van der Waals surface area contributed by atoms with E-state index in [2.05, 4.69) is 4.98 Å². The molecule has 1 rings (SSSR count). The van der Waals surface area contributed by atoms with Gasteiger partial charge in [-0.25, -0.2) is 4.98 Å². The molecule has 13 heavy (non-hydrogen) atoms. The number of hydrogen-bond acceptors (Lipinski definition) is 3. The number of aromatic nitrogens is 2. The van der Waals surface area contributed by atoms with E-state index in [1.807, 2.05) is 13.8 Å². The van der Waals surface area contributed by atoms with Crippen LogP contribution in [0.5, 0.6) is 0 Å². The molecule has 1 unspecified atom stereocenters. The van der Waals surface area contributed by atoms with Crippen LogP contribution < -0.4 is 0 Å². The monoisotopic (exact) mass is 206 g/mol. The summed E-state index contributed by atoms with van der Waals surface area (Å²) < 4.78 is 34.8. The largest absolute Gasteiger partial charge is 0.351 e. The Balaban J connectivity index is 3.00. The van der Waals surface area contributed by atoms with E-state index in [1.54, 1.807) is 4.57 Å². The minimum atomic E-state index is -4.66. The van der Waals surface area contributed by atoms with Crippen LogP contribution >= 0.6 is 0 Å². The van der Waals surface area contributed by atoms with Gasteiger partial charge in [0.15, 0.2) is 0 Å². The molecule has 6 heteroatoms. The van der Waals surface area contributed by atoms with Crippen LogP contribution in [0.25, 0.3) is 0 Å². The molecule has 0 spiro atoms. The van der Waals surface area contributed by atoms with Gasteiger partial charge in [-0.05, 0) is 13.3 Å². The second-order valence-corrected chi connectivity index (χ2v) is 4.15. The molecule has 0 saturated carbocycles. The average Bonchev–Trinajstić information content (AvgIpc) is 2.50. The maximum absolute atomic E-state index is 12.4. The molecule has 0 aliphatic heterocycles. The summed E-state index contributed by atoms with van der Waals surface area (Å²) in [6.07, 6.45) is 3.35. The Morgan fingerprint density at radius 3 is 2.69 bits per heavy atom. The van der Waals surface area contributed by atoms with Crippen molar-refractivity contribution in [3.63, 3.8) is 0 Å². The second kappa shape index (κ2) is 3.45.